The van der Waals surface area contributed by atoms with Crippen molar-refractivity contribution in [3.8, 4) is 23.0 Å². The third-order valence-electron chi connectivity index (χ3n) is 3.42. The molecule has 0 N–H and O–H groups in total. The van der Waals surface area contributed by atoms with Crippen molar-refractivity contribution < 1.29 is 12.9 Å². The molecule has 0 unspecified atom stereocenters. The fraction of sp³-hybridized carbons (Fsp3) is 0.188. The van der Waals surface area contributed by atoms with Gasteiger partial charge in [-0.25, -0.2) is 8.42 Å². The van der Waals surface area contributed by atoms with Gasteiger partial charge in [0.2, 0.25) is 5.82 Å². The van der Waals surface area contributed by atoms with Crippen molar-refractivity contribution in [3.63, 3.8) is 0 Å². The third-order valence-corrected chi connectivity index (χ3v) is 4.55. The summed E-state index contributed by atoms with van der Waals surface area (Å²) in [5.41, 5.74) is 2.43. The fourth-order valence-electron chi connectivity index (χ4n) is 2.11. The maximum atomic E-state index is 11.5. The Hall–Kier alpha value is -2.54. The Balaban J connectivity index is 1.92. The van der Waals surface area contributed by atoms with Crippen molar-refractivity contribution in [2.75, 3.05) is 6.26 Å². The number of sulfone groups is 1. The molecule has 0 spiro atoms. The highest BCUT2D eigenvalue weighted by molar-refractivity contribution is 7.90. The van der Waals surface area contributed by atoms with E-state index in [1.807, 2.05) is 12.1 Å². The molecule has 6 nitrogen and oxygen atoms in total. The van der Waals surface area contributed by atoms with E-state index >= 15 is 0 Å². The summed E-state index contributed by atoms with van der Waals surface area (Å²) in [5, 5.41) is 3.93. The lowest BCUT2D eigenvalue weighted by Gasteiger charge is -1.99. The molecule has 3 rings (SSSR count). The summed E-state index contributed by atoms with van der Waals surface area (Å²) in [5.74, 6) is 0.728. The number of rotatable bonds is 4. The van der Waals surface area contributed by atoms with Gasteiger partial charge in [-0.1, -0.05) is 12.1 Å². The molecule has 0 bridgehead atoms. The largest absolute Gasteiger partial charge is 0.332 e. The highest BCUT2D eigenvalue weighted by Gasteiger charge is 2.13. The normalized spacial score (nSPS) is 11.6. The minimum absolute atomic E-state index is 0.252. The van der Waals surface area contributed by atoms with E-state index in [0.717, 1.165) is 12.0 Å². The lowest BCUT2D eigenvalue weighted by atomic mass is 10.2. The van der Waals surface area contributed by atoms with E-state index in [1.165, 1.54) is 18.4 Å². The zero-order valence-electron chi connectivity index (χ0n) is 12.7. The minimum atomic E-state index is -3.22. The second-order valence-corrected chi connectivity index (χ2v) is 7.14. The molecule has 2 heterocycles. The van der Waals surface area contributed by atoms with Crippen molar-refractivity contribution in [2.24, 2.45) is 0 Å². The van der Waals surface area contributed by atoms with Crippen LogP contribution in [-0.4, -0.2) is 29.8 Å². The molecule has 0 amide bonds. The second kappa shape index (κ2) is 5.92. The van der Waals surface area contributed by atoms with Crippen LogP contribution in [0.15, 0.2) is 52.0 Å². The van der Waals surface area contributed by atoms with Gasteiger partial charge in [-0.2, -0.15) is 4.98 Å². The monoisotopic (exact) mass is 329 g/mol. The highest BCUT2D eigenvalue weighted by Crippen LogP contribution is 2.22. The molecule has 0 saturated heterocycles. The van der Waals surface area contributed by atoms with Gasteiger partial charge in [-0.05, 0) is 48.4 Å². The van der Waals surface area contributed by atoms with E-state index in [-0.39, 0.29) is 4.90 Å². The van der Waals surface area contributed by atoms with Gasteiger partial charge in [-0.15, -0.1) is 0 Å². The lowest BCUT2D eigenvalue weighted by Crippen LogP contribution is -1.96. The van der Waals surface area contributed by atoms with Gasteiger partial charge in [0.25, 0.3) is 5.89 Å². The molecular weight excluding hydrogens is 314 g/mol. The number of pyridine rings is 1. The Morgan fingerprint density at radius 1 is 1.13 bits per heavy atom. The van der Waals surface area contributed by atoms with Gasteiger partial charge in [-0.3, -0.25) is 4.98 Å². The van der Waals surface area contributed by atoms with Crippen molar-refractivity contribution in [1.82, 2.24) is 15.1 Å². The van der Waals surface area contributed by atoms with Gasteiger partial charge < -0.3 is 4.52 Å². The van der Waals surface area contributed by atoms with Crippen LogP contribution in [0.25, 0.3) is 23.0 Å². The molecule has 2 aromatic heterocycles. The van der Waals surface area contributed by atoms with E-state index in [0.29, 0.717) is 23.0 Å². The molecular formula is C16H15N3O3S. The van der Waals surface area contributed by atoms with Crippen LogP contribution in [0.2, 0.25) is 0 Å². The van der Waals surface area contributed by atoms with E-state index in [4.69, 9.17) is 4.52 Å². The molecule has 0 radical (unpaired) electrons. The van der Waals surface area contributed by atoms with Crippen LogP contribution < -0.4 is 0 Å². The number of aromatic nitrogens is 3. The van der Waals surface area contributed by atoms with Crippen LogP contribution >= 0.6 is 0 Å². The number of nitrogens with zero attached hydrogens (tertiary/aromatic N) is 3. The minimum Gasteiger partial charge on any atom is -0.332 e. The Labute approximate surface area is 134 Å². The van der Waals surface area contributed by atoms with Crippen LogP contribution in [0, 0.1) is 0 Å². The van der Waals surface area contributed by atoms with E-state index in [1.54, 1.807) is 18.3 Å². The molecule has 23 heavy (non-hydrogen) atoms. The molecule has 7 heteroatoms. The van der Waals surface area contributed by atoms with Crippen LogP contribution in [0.1, 0.15) is 12.5 Å². The Bertz CT molecular complexity index is 931. The standard InChI is InChI=1S/C16H15N3O3S/c1-3-11-8-9-17-14(10-11)16-18-15(19-22-16)12-4-6-13(7-5-12)23(2,20)21/h4-10H,3H2,1-2H3. The Morgan fingerprint density at radius 3 is 2.52 bits per heavy atom. The fourth-order valence-corrected chi connectivity index (χ4v) is 2.74. The van der Waals surface area contributed by atoms with Gasteiger partial charge in [0.1, 0.15) is 5.69 Å². The van der Waals surface area contributed by atoms with Crippen LogP contribution in [-0.2, 0) is 16.3 Å². The van der Waals surface area contributed by atoms with Crippen molar-refractivity contribution >= 4 is 9.84 Å². The van der Waals surface area contributed by atoms with Gasteiger partial charge in [0.05, 0.1) is 4.90 Å². The zero-order chi connectivity index (χ0) is 16.4. The summed E-state index contributed by atoms with van der Waals surface area (Å²) in [4.78, 5) is 8.82. The Kier molecular flexibility index (Phi) is 3.96. The lowest BCUT2D eigenvalue weighted by molar-refractivity contribution is 0.431. The second-order valence-electron chi connectivity index (χ2n) is 5.12. The predicted octanol–water partition coefficient (Wildman–Crippen LogP) is 2.76. The summed E-state index contributed by atoms with van der Waals surface area (Å²) in [6.45, 7) is 2.06. The first-order valence-electron chi connectivity index (χ1n) is 7.07. The summed E-state index contributed by atoms with van der Waals surface area (Å²) in [7, 11) is -3.22. The quantitative estimate of drug-likeness (QED) is 0.731. The van der Waals surface area contributed by atoms with E-state index < -0.39 is 9.84 Å². The molecule has 0 aliphatic rings. The maximum absolute atomic E-state index is 11.5. The Morgan fingerprint density at radius 2 is 1.87 bits per heavy atom. The maximum Gasteiger partial charge on any atom is 0.276 e. The number of hydrogen-bond acceptors (Lipinski definition) is 6. The van der Waals surface area contributed by atoms with Crippen LogP contribution in [0.3, 0.4) is 0 Å². The van der Waals surface area contributed by atoms with Crippen LogP contribution in [0.5, 0.6) is 0 Å². The average molecular weight is 329 g/mol. The van der Waals surface area contributed by atoms with Gasteiger partial charge >= 0.3 is 0 Å². The van der Waals surface area contributed by atoms with E-state index in [2.05, 4.69) is 22.0 Å². The SMILES string of the molecule is CCc1ccnc(-c2nc(-c3ccc(S(C)(=O)=O)cc3)no2)c1. The molecule has 0 saturated carbocycles. The van der Waals surface area contributed by atoms with Crippen molar-refractivity contribution in [3.05, 3.63) is 48.2 Å². The molecule has 118 valence electrons. The van der Waals surface area contributed by atoms with Gasteiger partial charge in [0, 0.05) is 18.0 Å². The molecule has 0 fully saturated rings. The predicted molar refractivity (Wildman–Crippen MR) is 85.5 cm³/mol. The molecule has 1 aromatic carbocycles. The molecule has 0 atom stereocenters. The molecule has 3 aromatic rings. The van der Waals surface area contributed by atoms with Crippen molar-refractivity contribution in [1.29, 1.82) is 0 Å². The van der Waals surface area contributed by atoms with Crippen LogP contribution in [0.4, 0.5) is 0 Å². The highest BCUT2D eigenvalue weighted by atomic mass is 32.2. The van der Waals surface area contributed by atoms with E-state index in [9.17, 15) is 8.42 Å². The zero-order valence-corrected chi connectivity index (χ0v) is 13.5. The summed E-state index contributed by atoms with van der Waals surface area (Å²) in [6.07, 6.45) is 3.77. The summed E-state index contributed by atoms with van der Waals surface area (Å²) >= 11 is 0. The first-order chi connectivity index (χ1) is 11.0. The molecule has 0 aliphatic heterocycles. The number of benzene rings is 1. The summed E-state index contributed by atoms with van der Waals surface area (Å²) < 4.78 is 28.2. The van der Waals surface area contributed by atoms with Crippen molar-refractivity contribution in [2.45, 2.75) is 18.2 Å². The smallest absolute Gasteiger partial charge is 0.276 e. The number of hydrogen-bond donors (Lipinski definition) is 0. The first kappa shape index (κ1) is 15.4. The summed E-state index contributed by atoms with van der Waals surface area (Å²) in [6, 6.07) is 10.2. The third kappa shape index (κ3) is 3.29. The van der Waals surface area contributed by atoms with Gasteiger partial charge in [0.15, 0.2) is 9.84 Å². The first-order valence-corrected chi connectivity index (χ1v) is 8.96. The number of aryl methyl sites for hydroxylation is 1. The topological polar surface area (TPSA) is 86.0 Å². The molecule has 0 aliphatic carbocycles. The average Bonchev–Trinajstić information content (AvgIpc) is 3.04.